The third-order valence-electron chi connectivity index (χ3n) is 3.46. The fraction of sp³-hybridized carbons (Fsp3) is 0.533. The number of benzene rings is 1. The Morgan fingerprint density at radius 3 is 3.10 bits per heavy atom. The molecular formula is C15H19ClFNO2S. The zero-order chi connectivity index (χ0) is 15.2. The molecular weight excluding hydrogens is 313 g/mol. The quantitative estimate of drug-likeness (QED) is 0.810. The average molecular weight is 332 g/mol. The second-order valence-electron chi connectivity index (χ2n) is 5.02. The fourth-order valence-corrected chi connectivity index (χ4v) is 2.96. The topological polar surface area (TPSA) is 38.3 Å². The first-order chi connectivity index (χ1) is 10.1. The van der Waals surface area contributed by atoms with Crippen molar-refractivity contribution in [3.63, 3.8) is 0 Å². The highest BCUT2D eigenvalue weighted by atomic mass is 35.5. The summed E-state index contributed by atoms with van der Waals surface area (Å²) < 4.78 is 19.2. The van der Waals surface area contributed by atoms with Crippen molar-refractivity contribution in [3.8, 4) is 0 Å². The molecule has 2 rings (SSSR count). The number of nitrogens with one attached hydrogen (secondary N) is 1. The van der Waals surface area contributed by atoms with E-state index in [2.05, 4.69) is 5.32 Å². The predicted molar refractivity (Wildman–Crippen MR) is 84.3 cm³/mol. The Morgan fingerprint density at radius 2 is 2.38 bits per heavy atom. The van der Waals surface area contributed by atoms with E-state index in [9.17, 15) is 9.18 Å². The lowest BCUT2D eigenvalue weighted by molar-refractivity contribution is -0.122. The van der Waals surface area contributed by atoms with Crippen molar-refractivity contribution in [1.82, 2.24) is 5.32 Å². The van der Waals surface area contributed by atoms with Gasteiger partial charge in [0.1, 0.15) is 11.9 Å². The molecule has 0 saturated carbocycles. The minimum atomic E-state index is -0.463. The van der Waals surface area contributed by atoms with Gasteiger partial charge in [0.15, 0.2) is 0 Å². The molecule has 1 saturated heterocycles. The first-order valence-corrected chi connectivity index (χ1v) is 8.74. The predicted octanol–water partition coefficient (Wildman–Crippen LogP) is 3.57. The molecule has 21 heavy (non-hydrogen) atoms. The molecule has 1 aliphatic rings. The standard InChI is InChI=1S/C15H19ClFNO2S/c1-21-8-2-3-14(19)18-13-6-7-20-15(13)10-4-5-11(16)12(17)9-10/h4-5,9,13,15H,2-3,6-8H2,1H3,(H,18,19)/t13-,15+/m1/s1. The van der Waals surface area contributed by atoms with E-state index in [0.29, 0.717) is 18.6 Å². The molecule has 1 aromatic carbocycles. The number of hydrogen-bond acceptors (Lipinski definition) is 3. The summed E-state index contributed by atoms with van der Waals surface area (Å²) in [6.45, 7) is 0.560. The SMILES string of the molecule is CSCCCC(=O)N[C@@H]1CCO[C@H]1c1ccc(Cl)c(F)c1. The second-order valence-corrected chi connectivity index (χ2v) is 6.42. The zero-order valence-electron chi connectivity index (χ0n) is 11.9. The Labute approximate surface area is 133 Å². The minimum Gasteiger partial charge on any atom is -0.371 e. The van der Waals surface area contributed by atoms with Gasteiger partial charge in [-0.15, -0.1) is 0 Å². The molecule has 1 N–H and O–H groups in total. The van der Waals surface area contributed by atoms with Crippen LogP contribution in [0.25, 0.3) is 0 Å². The Hall–Kier alpha value is -0.780. The van der Waals surface area contributed by atoms with Gasteiger partial charge in [-0.25, -0.2) is 4.39 Å². The smallest absolute Gasteiger partial charge is 0.220 e. The monoisotopic (exact) mass is 331 g/mol. The Balaban J connectivity index is 1.96. The van der Waals surface area contributed by atoms with Crippen molar-refractivity contribution in [1.29, 1.82) is 0 Å². The number of rotatable bonds is 6. The third kappa shape index (κ3) is 4.59. The van der Waals surface area contributed by atoms with Crippen LogP contribution in [-0.2, 0) is 9.53 Å². The first-order valence-electron chi connectivity index (χ1n) is 6.96. The summed E-state index contributed by atoms with van der Waals surface area (Å²) in [4.78, 5) is 11.9. The molecule has 1 aliphatic heterocycles. The van der Waals surface area contributed by atoms with Gasteiger partial charge in [-0.05, 0) is 42.5 Å². The van der Waals surface area contributed by atoms with Gasteiger partial charge >= 0.3 is 0 Å². The molecule has 116 valence electrons. The van der Waals surface area contributed by atoms with Crippen molar-refractivity contribution in [3.05, 3.63) is 34.6 Å². The lowest BCUT2D eigenvalue weighted by Crippen LogP contribution is -2.36. The third-order valence-corrected chi connectivity index (χ3v) is 4.47. The molecule has 1 aromatic rings. The van der Waals surface area contributed by atoms with Crippen molar-refractivity contribution >= 4 is 29.3 Å². The van der Waals surface area contributed by atoms with Crippen molar-refractivity contribution < 1.29 is 13.9 Å². The van der Waals surface area contributed by atoms with E-state index in [1.807, 2.05) is 6.26 Å². The van der Waals surface area contributed by atoms with Gasteiger partial charge in [0.2, 0.25) is 5.91 Å². The Bertz CT molecular complexity index is 501. The summed E-state index contributed by atoms with van der Waals surface area (Å²) in [6.07, 6.45) is 3.83. The molecule has 0 radical (unpaired) electrons. The normalized spacial score (nSPS) is 21.5. The average Bonchev–Trinajstić information content (AvgIpc) is 2.90. The van der Waals surface area contributed by atoms with Crippen molar-refractivity contribution in [2.24, 2.45) is 0 Å². The van der Waals surface area contributed by atoms with E-state index in [-0.39, 0.29) is 23.1 Å². The van der Waals surface area contributed by atoms with E-state index < -0.39 is 5.82 Å². The zero-order valence-corrected chi connectivity index (χ0v) is 13.5. The summed E-state index contributed by atoms with van der Waals surface area (Å²) in [6, 6.07) is 4.54. The largest absolute Gasteiger partial charge is 0.371 e. The summed E-state index contributed by atoms with van der Waals surface area (Å²) >= 11 is 7.42. The Kier molecular flexibility index (Phi) is 6.33. The van der Waals surface area contributed by atoms with Crippen LogP contribution in [0.3, 0.4) is 0 Å². The molecule has 3 nitrogen and oxygen atoms in total. The number of amides is 1. The van der Waals surface area contributed by atoms with Crippen molar-refractivity contribution in [2.45, 2.75) is 31.4 Å². The maximum absolute atomic E-state index is 13.6. The maximum Gasteiger partial charge on any atom is 0.220 e. The molecule has 1 heterocycles. The fourth-order valence-electron chi connectivity index (χ4n) is 2.41. The van der Waals surface area contributed by atoms with Gasteiger partial charge in [0.05, 0.1) is 11.1 Å². The minimum absolute atomic E-state index is 0.0268. The number of thioether (sulfide) groups is 1. The van der Waals surface area contributed by atoms with Crippen molar-refractivity contribution in [2.75, 3.05) is 18.6 Å². The summed E-state index contributed by atoms with van der Waals surface area (Å²) in [5, 5.41) is 3.08. The van der Waals surface area contributed by atoms with Gasteiger partial charge in [-0.1, -0.05) is 17.7 Å². The number of ether oxygens (including phenoxy) is 1. The summed E-state index contributed by atoms with van der Waals surface area (Å²) in [5.41, 5.74) is 0.712. The second kappa shape index (κ2) is 8.01. The van der Waals surface area contributed by atoms with Crippen LogP contribution in [0.15, 0.2) is 18.2 Å². The first kappa shape index (κ1) is 16.6. The van der Waals surface area contributed by atoms with E-state index in [0.717, 1.165) is 18.6 Å². The molecule has 0 unspecified atom stereocenters. The number of hydrogen-bond donors (Lipinski definition) is 1. The number of carbonyl (C=O) groups excluding carboxylic acids is 1. The van der Waals surface area contributed by atoms with Crippen LogP contribution in [-0.4, -0.2) is 30.6 Å². The molecule has 2 atom stereocenters. The van der Waals surface area contributed by atoms with Crippen LogP contribution in [0.2, 0.25) is 5.02 Å². The maximum atomic E-state index is 13.6. The molecule has 1 fully saturated rings. The molecule has 0 spiro atoms. The lowest BCUT2D eigenvalue weighted by atomic mass is 10.0. The van der Waals surface area contributed by atoms with Gasteiger partial charge in [-0.2, -0.15) is 11.8 Å². The van der Waals surface area contributed by atoms with Crippen LogP contribution >= 0.6 is 23.4 Å². The molecule has 0 bridgehead atoms. The van der Waals surface area contributed by atoms with Crippen LogP contribution in [0.1, 0.15) is 30.9 Å². The van der Waals surface area contributed by atoms with E-state index in [4.69, 9.17) is 16.3 Å². The summed E-state index contributed by atoms with van der Waals surface area (Å²) in [5.74, 6) is 0.536. The lowest BCUT2D eigenvalue weighted by Gasteiger charge is -2.20. The van der Waals surface area contributed by atoms with Gasteiger partial charge in [0, 0.05) is 13.0 Å². The van der Waals surface area contributed by atoms with Gasteiger partial charge in [-0.3, -0.25) is 4.79 Å². The van der Waals surface area contributed by atoms with E-state index in [1.165, 1.54) is 12.1 Å². The van der Waals surface area contributed by atoms with Crippen LogP contribution in [0.5, 0.6) is 0 Å². The van der Waals surface area contributed by atoms with Crippen LogP contribution < -0.4 is 5.32 Å². The van der Waals surface area contributed by atoms with E-state index in [1.54, 1.807) is 17.8 Å². The van der Waals surface area contributed by atoms with E-state index >= 15 is 0 Å². The Morgan fingerprint density at radius 1 is 1.57 bits per heavy atom. The molecule has 1 amide bonds. The highest BCUT2D eigenvalue weighted by Gasteiger charge is 2.31. The highest BCUT2D eigenvalue weighted by Crippen LogP contribution is 2.31. The molecule has 0 aliphatic carbocycles. The van der Waals surface area contributed by atoms with Crippen LogP contribution in [0.4, 0.5) is 4.39 Å². The number of carbonyl (C=O) groups is 1. The molecule has 6 heteroatoms. The van der Waals surface area contributed by atoms with Crippen LogP contribution in [0, 0.1) is 5.82 Å². The van der Waals surface area contributed by atoms with Gasteiger partial charge in [0.25, 0.3) is 0 Å². The highest BCUT2D eigenvalue weighted by molar-refractivity contribution is 7.98. The number of halogens is 2. The van der Waals surface area contributed by atoms with Gasteiger partial charge < -0.3 is 10.1 Å². The summed E-state index contributed by atoms with van der Waals surface area (Å²) in [7, 11) is 0. The molecule has 0 aromatic heterocycles.